The number of nitrogens with one attached hydrogen (secondary N) is 1. The fraction of sp³-hybridized carbons (Fsp3) is 0.333. The Morgan fingerprint density at radius 2 is 2.33 bits per heavy atom. The van der Waals surface area contributed by atoms with Crippen molar-refractivity contribution >= 4 is 23.3 Å². The Hall–Kier alpha value is -1.72. The van der Waals surface area contributed by atoms with Gasteiger partial charge in [0.1, 0.15) is 0 Å². The van der Waals surface area contributed by atoms with E-state index in [2.05, 4.69) is 25.3 Å². The van der Waals surface area contributed by atoms with E-state index >= 15 is 0 Å². The molecule has 0 spiro atoms. The lowest BCUT2D eigenvalue weighted by atomic mass is 10.3. The van der Waals surface area contributed by atoms with E-state index in [1.807, 2.05) is 0 Å². The fourth-order valence-electron chi connectivity index (χ4n) is 0.965. The van der Waals surface area contributed by atoms with Gasteiger partial charge in [-0.3, -0.25) is 4.79 Å². The summed E-state index contributed by atoms with van der Waals surface area (Å²) in [7, 11) is 0. The van der Waals surface area contributed by atoms with Crippen LogP contribution in [-0.4, -0.2) is 21.9 Å². The maximum Gasteiger partial charge on any atom is 0.241 e. The second-order valence-corrected chi connectivity index (χ2v) is 2.51. The number of carbonyl (C=O) groups excluding carboxylic acids is 1. The highest BCUT2D eigenvalue weighted by Crippen LogP contribution is 2.22. The number of fused-ring (bicyclic) bond motifs is 1. The van der Waals surface area contributed by atoms with Gasteiger partial charge in [-0.25, -0.2) is 9.62 Å². The summed E-state index contributed by atoms with van der Waals surface area (Å²) >= 11 is 0. The second-order valence-electron chi connectivity index (χ2n) is 2.51. The van der Waals surface area contributed by atoms with Crippen LogP contribution >= 0.6 is 0 Å². The van der Waals surface area contributed by atoms with Gasteiger partial charge in [0.05, 0.1) is 6.42 Å². The average molecular weight is 166 g/mol. The normalized spacial score (nSPS) is 16.1. The average Bonchev–Trinajstić information content (AvgIpc) is 2.31. The van der Waals surface area contributed by atoms with Crippen LogP contribution in [0.4, 0.5) is 11.6 Å². The van der Waals surface area contributed by atoms with Gasteiger partial charge in [-0.2, -0.15) is 0 Å². The predicted molar refractivity (Wildman–Crippen MR) is 40.3 cm³/mol. The van der Waals surface area contributed by atoms with Gasteiger partial charge in [-0.1, -0.05) is 0 Å². The van der Waals surface area contributed by atoms with Crippen molar-refractivity contribution in [3.63, 3.8) is 0 Å². The first-order valence-electron chi connectivity index (χ1n) is 3.42. The van der Waals surface area contributed by atoms with E-state index in [4.69, 9.17) is 0 Å². The van der Waals surface area contributed by atoms with Crippen molar-refractivity contribution in [2.24, 2.45) is 4.99 Å². The van der Waals surface area contributed by atoms with Gasteiger partial charge in [-0.05, 0) is 17.2 Å². The minimum absolute atomic E-state index is 0.147. The van der Waals surface area contributed by atoms with E-state index in [1.165, 1.54) is 0 Å². The summed E-state index contributed by atoms with van der Waals surface area (Å²) in [6.45, 7) is 1.75. The van der Waals surface area contributed by atoms with Crippen LogP contribution in [0.5, 0.6) is 0 Å². The third kappa shape index (κ3) is 1.07. The molecule has 1 amide bonds. The summed E-state index contributed by atoms with van der Waals surface area (Å²) in [4.78, 5) is 15.1. The summed E-state index contributed by atoms with van der Waals surface area (Å²) in [5.74, 6) is 0.473. The van der Waals surface area contributed by atoms with Gasteiger partial charge in [-0.15, -0.1) is 0 Å². The quantitative estimate of drug-likeness (QED) is 0.608. The number of aromatic nitrogens is 2. The molecule has 1 N–H and O–H groups in total. The Balaban J connectivity index is 2.48. The van der Waals surface area contributed by atoms with Crippen LogP contribution in [0, 0.1) is 0 Å². The van der Waals surface area contributed by atoms with Gasteiger partial charge in [0.25, 0.3) is 0 Å². The SMILES string of the molecule is CC1=Nc2nonc2NC(=O)C1. The molecule has 1 aliphatic rings. The van der Waals surface area contributed by atoms with Gasteiger partial charge in [0.15, 0.2) is 0 Å². The van der Waals surface area contributed by atoms with Gasteiger partial charge < -0.3 is 5.32 Å². The second kappa shape index (κ2) is 2.40. The minimum atomic E-state index is -0.147. The molecular formula is C6H6N4O2. The minimum Gasteiger partial charge on any atom is -0.304 e. The number of hydrogen-bond donors (Lipinski definition) is 1. The van der Waals surface area contributed by atoms with Crippen molar-refractivity contribution in [3.05, 3.63) is 0 Å². The molecule has 6 heteroatoms. The number of nitrogens with zero attached hydrogens (tertiary/aromatic N) is 3. The van der Waals surface area contributed by atoms with Gasteiger partial charge in [0.2, 0.25) is 17.5 Å². The molecule has 0 bridgehead atoms. The van der Waals surface area contributed by atoms with Crippen LogP contribution in [0.25, 0.3) is 0 Å². The summed E-state index contributed by atoms with van der Waals surface area (Å²) in [6.07, 6.45) is 0.276. The molecular weight excluding hydrogens is 160 g/mol. The highest BCUT2D eigenvalue weighted by atomic mass is 16.6. The molecule has 0 radical (unpaired) electrons. The molecule has 0 aliphatic carbocycles. The molecule has 0 unspecified atom stereocenters. The number of aliphatic imine (C=N–C) groups is 1. The molecule has 0 aromatic carbocycles. The number of amides is 1. The van der Waals surface area contributed by atoms with Crippen LogP contribution in [0.3, 0.4) is 0 Å². The largest absolute Gasteiger partial charge is 0.304 e. The van der Waals surface area contributed by atoms with E-state index in [0.29, 0.717) is 11.5 Å². The van der Waals surface area contributed by atoms with Crippen molar-refractivity contribution in [2.75, 3.05) is 5.32 Å². The van der Waals surface area contributed by atoms with Crippen LogP contribution in [0.15, 0.2) is 9.62 Å². The topological polar surface area (TPSA) is 80.4 Å². The highest BCUT2D eigenvalue weighted by Gasteiger charge is 2.17. The molecule has 2 heterocycles. The lowest BCUT2D eigenvalue weighted by Gasteiger charge is -1.93. The Bertz CT molecular complexity index is 354. The molecule has 0 atom stereocenters. The van der Waals surface area contributed by atoms with E-state index < -0.39 is 0 Å². The Kier molecular flexibility index (Phi) is 1.39. The van der Waals surface area contributed by atoms with E-state index in [9.17, 15) is 4.79 Å². The lowest BCUT2D eigenvalue weighted by Crippen LogP contribution is -2.12. The van der Waals surface area contributed by atoms with E-state index in [-0.39, 0.29) is 18.1 Å². The molecule has 1 aromatic rings. The maximum absolute atomic E-state index is 11.1. The van der Waals surface area contributed by atoms with Crippen molar-refractivity contribution in [3.8, 4) is 0 Å². The van der Waals surface area contributed by atoms with Crippen LogP contribution < -0.4 is 5.32 Å². The molecule has 12 heavy (non-hydrogen) atoms. The predicted octanol–water partition coefficient (Wildman–Crippen LogP) is 0.504. The number of hydrogen-bond acceptors (Lipinski definition) is 5. The fourth-order valence-corrected chi connectivity index (χ4v) is 0.965. The molecule has 1 aliphatic heterocycles. The third-order valence-corrected chi connectivity index (χ3v) is 1.44. The zero-order valence-electron chi connectivity index (χ0n) is 6.37. The Morgan fingerprint density at radius 1 is 1.50 bits per heavy atom. The van der Waals surface area contributed by atoms with Crippen molar-refractivity contribution in [1.82, 2.24) is 10.3 Å². The number of anilines is 1. The zero-order chi connectivity index (χ0) is 8.55. The van der Waals surface area contributed by atoms with E-state index in [0.717, 1.165) is 0 Å². The molecule has 0 fully saturated rings. The summed E-state index contributed by atoms with van der Waals surface area (Å²) in [5, 5.41) is 9.50. The monoisotopic (exact) mass is 166 g/mol. The van der Waals surface area contributed by atoms with Crippen molar-refractivity contribution in [1.29, 1.82) is 0 Å². The van der Waals surface area contributed by atoms with Crippen LogP contribution in [-0.2, 0) is 4.79 Å². The smallest absolute Gasteiger partial charge is 0.241 e. The molecule has 6 nitrogen and oxygen atoms in total. The number of carbonyl (C=O) groups is 1. The first-order chi connectivity index (χ1) is 5.75. The zero-order valence-corrected chi connectivity index (χ0v) is 6.37. The Morgan fingerprint density at radius 3 is 3.17 bits per heavy atom. The summed E-state index contributed by atoms with van der Waals surface area (Å²) in [5.41, 5.74) is 0.696. The lowest BCUT2D eigenvalue weighted by molar-refractivity contribution is -0.115. The Labute approximate surface area is 67.6 Å². The number of rotatable bonds is 0. The first kappa shape index (κ1) is 6.96. The van der Waals surface area contributed by atoms with E-state index in [1.54, 1.807) is 6.92 Å². The molecule has 2 rings (SSSR count). The molecule has 62 valence electrons. The van der Waals surface area contributed by atoms with Gasteiger partial charge >= 0.3 is 0 Å². The summed E-state index contributed by atoms with van der Waals surface area (Å²) < 4.78 is 4.40. The van der Waals surface area contributed by atoms with Crippen LogP contribution in [0.2, 0.25) is 0 Å². The summed E-state index contributed by atoms with van der Waals surface area (Å²) in [6, 6.07) is 0. The maximum atomic E-state index is 11.1. The standard InChI is InChI=1S/C6H6N4O2/c1-3-2-4(11)8-6-5(7-3)9-12-10-6/h2H2,1H3,(H,8,10,11). The molecule has 0 saturated heterocycles. The third-order valence-electron chi connectivity index (χ3n) is 1.44. The van der Waals surface area contributed by atoms with Gasteiger partial charge in [0, 0.05) is 5.71 Å². The molecule has 0 saturated carbocycles. The highest BCUT2D eigenvalue weighted by molar-refractivity contribution is 6.08. The first-order valence-corrected chi connectivity index (χ1v) is 3.42. The van der Waals surface area contributed by atoms with Crippen LogP contribution in [0.1, 0.15) is 13.3 Å². The molecule has 1 aromatic heterocycles. The van der Waals surface area contributed by atoms with Crippen molar-refractivity contribution < 1.29 is 9.42 Å². The van der Waals surface area contributed by atoms with Crippen molar-refractivity contribution in [2.45, 2.75) is 13.3 Å².